The van der Waals surface area contributed by atoms with E-state index in [1.807, 2.05) is 31.2 Å². The van der Waals surface area contributed by atoms with Crippen LogP contribution in [0.25, 0.3) is 0 Å². The van der Waals surface area contributed by atoms with E-state index in [2.05, 4.69) is 5.32 Å². The maximum Gasteiger partial charge on any atom is 0.321 e. The third-order valence-electron chi connectivity index (χ3n) is 2.34. The second kappa shape index (κ2) is 5.89. The molecule has 2 amide bonds. The molecule has 0 aromatic heterocycles. The monoisotopic (exact) mass is 236 g/mol. The van der Waals surface area contributed by atoms with Gasteiger partial charge in [-0.05, 0) is 19.1 Å². The minimum atomic E-state index is -0.928. The average molecular weight is 236 g/mol. The van der Waals surface area contributed by atoms with Crippen LogP contribution in [0.5, 0.6) is 0 Å². The molecule has 92 valence electrons. The lowest BCUT2D eigenvalue weighted by atomic mass is 10.2. The van der Waals surface area contributed by atoms with E-state index < -0.39 is 5.97 Å². The largest absolute Gasteiger partial charge is 0.481 e. The lowest BCUT2D eigenvalue weighted by Crippen LogP contribution is -2.38. The van der Waals surface area contributed by atoms with Crippen LogP contribution in [-0.2, 0) is 4.79 Å². The Morgan fingerprint density at radius 3 is 2.41 bits per heavy atom. The van der Waals surface area contributed by atoms with Gasteiger partial charge in [-0.3, -0.25) is 9.69 Å². The molecular formula is C12H16N2O3. The summed E-state index contributed by atoms with van der Waals surface area (Å²) < 4.78 is 0. The fourth-order valence-electron chi connectivity index (χ4n) is 1.28. The van der Waals surface area contributed by atoms with E-state index in [-0.39, 0.29) is 19.0 Å². The average Bonchev–Trinajstić information content (AvgIpc) is 2.28. The van der Waals surface area contributed by atoms with Gasteiger partial charge in [0.2, 0.25) is 0 Å². The molecule has 0 atom stereocenters. The summed E-state index contributed by atoms with van der Waals surface area (Å²) in [5.41, 5.74) is 1.89. The van der Waals surface area contributed by atoms with Crippen molar-refractivity contribution >= 4 is 17.7 Å². The van der Waals surface area contributed by atoms with Gasteiger partial charge in [-0.25, -0.2) is 4.79 Å². The van der Waals surface area contributed by atoms with Crippen LogP contribution in [0.2, 0.25) is 0 Å². The molecule has 0 saturated heterocycles. The highest BCUT2D eigenvalue weighted by atomic mass is 16.4. The van der Waals surface area contributed by atoms with Gasteiger partial charge in [-0.2, -0.15) is 0 Å². The van der Waals surface area contributed by atoms with Gasteiger partial charge >= 0.3 is 12.0 Å². The van der Waals surface area contributed by atoms with Crippen LogP contribution < -0.4 is 10.2 Å². The van der Waals surface area contributed by atoms with Crippen molar-refractivity contribution in [2.75, 3.05) is 18.5 Å². The van der Waals surface area contributed by atoms with Crippen molar-refractivity contribution in [2.24, 2.45) is 0 Å². The van der Waals surface area contributed by atoms with Crippen LogP contribution in [0.4, 0.5) is 10.5 Å². The lowest BCUT2D eigenvalue weighted by Gasteiger charge is -2.17. The first-order valence-electron chi connectivity index (χ1n) is 5.30. The Kier molecular flexibility index (Phi) is 4.51. The Morgan fingerprint density at radius 1 is 1.29 bits per heavy atom. The lowest BCUT2D eigenvalue weighted by molar-refractivity contribution is -0.136. The molecule has 0 bridgehead atoms. The number of hydrogen-bond acceptors (Lipinski definition) is 2. The third kappa shape index (κ3) is 4.14. The highest BCUT2D eigenvalue weighted by Crippen LogP contribution is 2.13. The number of rotatable bonds is 4. The maximum atomic E-state index is 11.6. The van der Waals surface area contributed by atoms with Crippen molar-refractivity contribution in [1.29, 1.82) is 0 Å². The Bertz CT molecular complexity index is 401. The number of nitrogens with one attached hydrogen (secondary N) is 1. The SMILES string of the molecule is Cc1ccc(N(C)C(=O)NCCC(=O)O)cc1. The zero-order valence-corrected chi connectivity index (χ0v) is 9.93. The number of hydrogen-bond donors (Lipinski definition) is 2. The fraction of sp³-hybridized carbons (Fsp3) is 0.333. The number of benzene rings is 1. The highest BCUT2D eigenvalue weighted by molar-refractivity contribution is 5.91. The van der Waals surface area contributed by atoms with Crippen molar-refractivity contribution in [3.63, 3.8) is 0 Å². The molecule has 0 heterocycles. The number of carbonyl (C=O) groups is 2. The zero-order valence-electron chi connectivity index (χ0n) is 9.93. The number of urea groups is 1. The van der Waals surface area contributed by atoms with Crippen molar-refractivity contribution < 1.29 is 14.7 Å². The smallest absolute Gasteiger partial charge is 0.321 e. The van der Waals surface area contributed by atoms with E-state index >= 15 is 0 Å². The molecule has 0 aliphatic carbocycles. The molecule has 0 spiro atoms. The van der Waals surface area contributed by atoms with Gasteiger partial charge in [-0.15, -0.1) is 0 Å². The summed E-state index contributed by atoms with van der Waals surface area (Å²) in [5.74, 6) is -0.928. The minimum Gasteiger partial charge on any atom is -0.481 e. The normalized spacial score (nSPS) is 9.76. The van der Waals surface area contributed by atoms with E-state index in [1.165, 1.54) is 4.90 Å². The Hall–Kier alpha value is -2.04. The van der Waals surface area contributed by atoms with Crippen LogP contribution in [-0.4, -0.2) is 30.7 Å². The Balaban J connectivity index is 2.51. The van der Waals surface area contributed by atoms with Crippen molar-refractivity contribution in [3.8, 4) is 0 Å². The van der Waals surface area contributed by atoms with Crippen LogP contribution in [0.15, 0.2) is 24.3 Å². The third-order valence-corrected chi connectivity index (χ3v) is 2.34. The molecule has 0 fully saturated rings. The van der Waals surface area contributed by atoms with Gasteiger partial charge in [0.25, 0.3) is 0 Å². The summed E-state index contributed by atoms with van der Waals surface area (Å²) in [5, 5.41) is 11.0. The van der Waals surface area contributed by atoms with E-state index in [0.29, 0.717) is 0 Å². The van der Waals surface area contributed by atoms with Gasteiger partial charge in [0, 0.05) is 19.3 Å². The summed E-state index contributed by atoms with van der Waals surface area (Å²) in [6.07, 6.45) is -0.0759. The van der Waals surface area contributed by atoms with Gasteiger partial charge in [-0.1, -0.05) is 17.7 Å². The Labute approximate surface area is 100 Å². The first kappa shape index (κ1) is 13.0. The first-order valence-corrected chi connectivity index (χ1v) is 5.30. The fourth-order valence-corrected chi connectivity index (χ4v) is 1.28. The predicted octanol–water partition coefficient (Wildman–Crippen LogP) is 1.62. The summed E-state index contributed by atoms with van der Waals surface area (Å²) >= 11 is 0. The highest BCUT2D eigenvalue weighted by Gasteiger charge is 2.10. The van der Waals surface area contributed by atoms with Crippen LogP contribution in [0, 0.1) is 6.92 Å². The number of carbonyl (C=O) groups excluding carboxylic acids is 1. The van der Waals surface area contributed by atoms with Gasteiger partial charge in [0.1, 0.15) is 0 Å². The van der Waals surface area contributed by atoms with Crippen molar-refractivity contribution in [2.45, 2.75) is 13.3 Å². The summed E-state index contributed by atoms with van der Waals surface area (Å²) in [6, 6.07) is 7.19. The molecular weight excluding hydrogens is 220 g/mol. The minimum absolute atomic E-state index is 0.0759. The number of nitrogens with zero attached hydrogens (tertiary/aromatic N) is 1. The molecule has 5 heteroatoms. The standard InChI is InChI=1S/C12H16N2O3/c1-9-3-5-10(6-4-9)14(2)12(17)13-8-7-11(15)16/h3-6H,7-8H2,1-2H3,(H,13,17)(H,15,16). The molecule has 1 aromatic rings. The van der Waals surface area contributed by atoms with Crippen LogP contribution in [0.1, 0.15) is 12.0 Å². The van der Waals surface area contributed by atoms with Crippen LogP contribution in [0.3, 0.4) is 0 Å². The quantitative estimate of drug-likeness (QED) is 0.834. The van der Waals surface area contributed by atoms with Crippen molar-refractivity contribution in [3.05, 3.63) is 29.8 Å². The molecule has 0 unspecified atom stereocenters. The molecule has 17 heavy (non-hydrogen) atoms. The van der Waals surface area contributed by atoms with E-state index in [0.717, 1.165) is 11.3 Å². The summed E-state index contributed by atoms with van der Waals surface area (Å²) in [6.45, 7) is 2.10. The number of anilines is 1. The molecule has 0 aliphatic rings. The number of carboxylic acid groups (broad SMARTS) is 1. The number of aliphatic carboxylic acids is 1. The molecule has 2 N–H and O–H groups in total. The molecule has 0 aliphatic heterocycles. The molecule has 0 radical (unpaired) electrons. The molecule has 0 saturated carbocycles. The molecule has 5 nitrogen and oxygen atoms in total. The van der Waals surface area contributed by atoms with Gasteiger partial charge < -0.3 is 10.4 Å². The number of carboxylic acids is 1. The zero-order chi connectivity index (χ0) is 12.8. The first-order chi connectivity index (χ1) is 8.00. The van der Waals surface area contributed by atoms with Crippen LogP contribution >= 0.6 is 0 Å². The summed E-state index contributed by atoms with van der Waals surface area (Å²) in [4.78, 5) is 23.4. The molecule has 1 aromatic carbocycles. The maximum absolute atomic E-state index is 11.6. The van der Waals surface area contributed by atoms with E-state index in [4.69, 9.17) is 5.11 Å². The van der Waals surface area contributed by atoms with E-state index in [9.17, 15) is 9.59 Å². The second-order valence-corrected chi connectivity index (χ2v) is 3.77. The predicted molar refractivity (Wildman–Crippen MR) is 65.2 cm³/mol. The van der Waals surface area contributed by atoms with E-state index in [1.54, 1.807) is 7.05 Å². The second-order valence-electron chi connectivity index (χ2n) is 3.77. The van der Waals surface area contributed by atoms with Gasteiger partial charge in [0.15, 0.2) is 0 Å². The Morgan fingerprint density at radius 2 is 1.88 bits per heavy atom. The molecule has 1 rings (SSSR count). The topological polar surface area (TPSA) is 69.6 Å². The van der Waals surface area contributed by atoms with Crippen molar-refractivity contribution in [1.82, 2.24) is 5.32 Å². The summed E-state index contributed by atoms with van der Waals surface area (Å²) in [7, 11) is 1.64. The van der Waals surface area contributed by atoms with Gasteiger partial charge in [0.05, 0.1) is 6.42 Å². The number of aryl methyl sites for hydroxylation is 1. The number of amides is 2.